The molecule has 2 aromatic rings. The number of cyclic esters (lactones) is 1. The maximum absolute atomic E-state index is 12.3. The first-order valence-corrected chi connectivity index (χ1v) is 8.72. The summed E-state index contributed by atoms with van der Waals surface area (Å²) in [6.07, 6.45) is 0.229. The Labute approximate surface area is 149 Å². The van der Waals surface area contributed by atoms with E-state index in [-0.39, 0.29) is 6.04 Å². The van der Waals surface area contributed by atoms with Gasteiger partial charge < -0.3 is 14.3 Å². The Hall–Kier alpha value is -2.77. The zero-order valence-corrected chi connectivity index (χ0v) is 15.0. The number of rotatable bonds is 6. The van der Waals surface area contributed by atoms with Gasteiger partial charge in [0.1, 0.15) is 0 Å². The van der Waals surface area contributed by atoms with Crippen LogP contribution in [-0.2, 0) is 9.53 Å². The van der Waals surface area contributed by atoms with Crippen LogP contribution in [0.3, 0.4) is 0 Å². The zero-order chi connectivity index (χ0) is 19.0. The van der Waals surface area contributed by atoms with Gasteiger partial charge in [0.25, 0.3) is 0 Å². The Morgan fingerprint density at radius 3 is 2.65 bits per heavy atom. The van der Waals surface area contributed by atoms with E-state index in [1.165, 1.54) is 9.47 Å². The minimum Gasteiger partial charge on any atom is -0.478 e. The minimum atomic E-state index is -1.21. The summed E-state index contributed by atoms with van der Waals surface area (Å²) in [6.45, 7) is 5.74. The van der Waals surface area contributed by atoms with Crippen molar-refractivity contribution in [3.8, 4) is 0 Å². The van der Waals surface area contributed by atoms with Crippen molar-refractivity contribution in [2.75, 3.05) is 4.90 Å². The number of nitrogens with zero attached hydrogens (tertiary/aromatic N) is 2. The average molecular weight is 362 g/mol. The van der Waals surface area contributed by atoms with E-state index in [0.29, 0.717) is 23.2 Å². The zero-order valence-electron chi connectivity index (χ0n) is 15.0. The SMILES string of the molecule is CCCCC1[C@H](C(=O)O)OC(=O)N1c1ccc2c(c1)oc(=O)n2C(C)C. The maximum atomic E-state index is 12.3. The summed E-state index contributed by atoms with van der Waals surface area (Å²) in [4.78, 5) is 37.2. The highest BCUT2D eigenvalue weighted by atomic mass is 16.6. The lowest BCUT2D eigenvalue weighted by Crippen LogP contribution is -2.40. The summed E-state index contributed by atoms with van der Waals surface area (Å²) in [6, 6.07) is 4.30. The molecule has 8 heteroatoms. The second-order valence-electron chi connectivity index (χ2n) is 6.71. The topological polar surface area (TPSA) is 102 Å². The van der Waals surface area contributed by atoms with Crippen LogP contribution in [0.15, 0.2) is 27.4 Å². The number of carboxylic acids is 1. The van der Waals surface area contributed by atoms with E-state index >= 15 is 0 Å². The molecule has 0 spiro atoms. The van der Waals surface area contributed by atoms with Crippen molar-refractivity contribution < 1.29 is 23.8 Å². The number of carbonyl (C=O) groups excluding carboxylic acids is 1. The van der Waals surface area contributed by atoms with Gasteiger partial charge in [0.05, 0.1) is 17.2 Å². The Morgan fingerprint density at radius 1 is 1.31 bits per heavy atom. The maximum Gasteiger partial charge on any atom is 0.420 e. The first kappa shape index (κ1) is 18.0. The number of aromatic nitrogens is 1. The van der Waals surface area contributed by atoms with Gasteiger partial charge in [0.15, 0.2) is 5.58 Å². The van der Waals surface area contributed by atoms with Gasteiger partial charge in [-0.25, -0.2) is 14.4 Å². The quantitative estimate of drug-likeness (QED) is 0.847. The predicted molar refractivity (Wildman–Crippen MR) is 94.6 cm³/mol. The van der Waals surface area contributed by atoms with Gasteiger partial charge in [-0.1, -0.05) is 19.8 Å². The van der Waals surface area contributed by atoms with E-state index in [2.05, 4.69) is 0 Å². The van der Waals surface area contributed by atoms with Gasteiger partial charge in [0, 0.05) is 12.1 Å². The van der Waals surface area contributed by atoms with E-state index in [1.54, 1.807) is 18.2 Å². The molecule has 0 bridgehead atoms. The third-order valence-corrected chi connectivity index (χ3v) is 4.59. The molecule has 0 aliphatic carbocycles. The van der Waals surface area contributed by atoms with Crippen LogP contribution >= 0.6 is 0 Å². The van der Waals surface area contributed by atoms with Crippen LogP contribution < -0.4 is 10.7 Å². The molecular formula is C18H22N2O6. The smallest absolute Gasteiger partial charge is 0.420 e. The molecule has 26 heavy (non-hydrogen) atoms. The lowest BCUT2D eigenvalue weighted by atomic mass is 10.0. The Morgan fingerprint density at radius 2 is 2.04 bits per heavy atom. The number of hydrogen-bond donors (Lipinski definition) is 1. The van der Waals surface area contributed by atoms with Crippen molar-refractivity contribution in [2.24, 2.45) is 0 Å². The molecule has 2 heterocycles. The lowest BCUT2D eigenvalue weighted by molar-refractivity contribution is -0.145. The highest BCUT2D eigenvalue weighted by molar-refractivity contribution is 5.96. The van der Waals surface area contributed by atoms with E-state index in [9.17, 15) is 19.5 Å². The molecule has 1 aliphatic heterocycles. The lowest BCUT2D eigenvalue weighted by Gasteiger charge is -2.23. The largest absolute Gasteiger partial charge is 0.478 e. The van der Waals surface area contributed by atoms with E-state index in [4.69, 9.17) is 9.15 Å². The number of ether oxygens (including phenoxy) is 1. The summed E-state index contributed by atoms with van der Waals surface area (Å²) in [5.74, 6) is -1.64. The predicted octanol–water partition coefficient (Wildman–Crippen LogP) is 3.14. The van der Waals surface area contributed by atoms with Crippen LogP contribution in [-0.4, -0.2) is 33.9 Å². The molecule has 8 nitrogen and oxygen atoms in total. The number of amides is 1. The number of aliphatic carboxylic acids is 1. The van der Waals surface area contributed by atoms with Crippen LogP contribution in [0.2, 0.25) is 0 Å². The molecule has 1 N–H and O–H groups in total. The highest BCUT2D eigenvalue weighted by Crippen LogP contribution is 2.32. The van der Waals surface area contributed by atoms with Crippen molar-refractivity contribution in [1.29, 1.82) is 0 Å². The summed E-state index contributed by atoms with van der Waals surface area (Å²) < 4.78 is 11.9. The van der Waals surface area contributed by atoms with Crippen molar-refractivity contribution in [1.82, 2.24) is 4.57 Å². The van der Waals surface area contributed by atoms with Crippen LogP contribution in [0.4, 0.5) is 10.5 Å². The Kier molecular flexibility index (Phi) is 4.76. The van der Waals surface area contributed by atoms with E-state index in [0.717, 1.165) is 12.8 Å². The molecule has 1 aliphatic rings. The second-order valence-corrected chi connectivity index (χ2v) is 6.71. The van der Waals surface area contributed by atoms with Crippen molar-refractivity contribution in [2.45, 2.75) is 58.2 Å². The molecule has 140 valence electrons. The number of hydrogen-bond acceptors (Lipinski definition) is 5. The molecule has 1 amide bonds. The van der Waals surface area contributed by atoms with Crippen molar-refractivity contribution in [3.05, 3.63) is 28.7 Å². The number of carbonyl (C=O) groups is 2. The van der Waals surface area contributed by atoms with Crippen molar-refractivity contribution in [3.63, 3.8) is 0 Å². The van der Waals surface area contributed by atoms with E-state index < -0.39 is 30.0 Å². The van der Waals surface area contributed by atoms with Crippen LogP contribution in [0, 0.1) is 0 Å². The van der Waals surface area contributed by atoms with E-state index in [1.807, 2.05) is 20.8 Å². The molecule has 0 radical (unpaired) electrons. The highest BCUT2D eigenvalue weighted by Gasteiger charge is 2.46. The van der Waals surface area contributed by atoms with Gasteiger partial charge in [-0.15, -0.1) is 0 Å². The number of oxazole rings is 1. The van der Waals surface area contributed by atoms with Gasteiger partial charge in [-0.3, -0.25) is 9.47 Å². The van der Waals surface area contributed by atoms with Gasteiger partial charge in [-0.05, 0) is 32.4 Å². The molecule has 1 aromatic heterocycles. The fourth-order valence-electron chi connectivity index (χ4n) is 3.38. The number of benzene rings is 1. The third kappa shape index (κ3) is 2.95. The fraction of sp³-hybridized carbons (Fsp3) is 0.500. The molecule has 3 rings (SSSR count). The molecule has 1 saturated heterocycles. The normalized spacial score (nSPS) is 20.2. The monoisotopic (exact) mass is 362 g/mol. The summed E-state index contributed by atoms with van der Waals surface area (Å²) in [5.41, 5.74) is 1.43. The molecule has 1 unspecified atom stereocenters. The van der Waals surface area contributed by atoms with Gasteiger partial charge in [0.2, 0.25) is 6.10 Å². The van der Waals surface area contributed by atoms with Gasteiger partial charge >= 0.3 is 17.8 Å². The Bertz CT molecular complexity index is 897. The van der Waals surface area contributed by atoms with Gasteiger partial charge in [-0.2, -0.15) is 0 Å². The number of anilines is 1. The number of carboxylic acid groups (broad SMARTS) is 1. The van der Waals surface area contributed by atoms with Crippen molar-refractivity contribution >= 4 is 28.8 Å². The molecular weight excluding hydrogens is 340 g/mol. The minimum absolute atomic E-state index is 0.0694. The first-order valence-electron chi connectivity index (χ1n) is 8.72. The summed E-state index contributed by atoms with van der Waals surface area (Å²) >= 11 is 0. The summed E-state index contributed by atoms with van der Waals surface area (Å²) in [7, 11) is 0. The number of unbranched alkanes of at least 4 members (excludes halogenated alkanes) is 1. The molecule has 1 aromatic carbocycles. The fourth-order valence-corrected chi connectivity index (χ4v) is 3.38. The third-order valence-electron chi connectivity index (χ3n) is 4.59. The average Bonchev–Trinajstić information content (AvgIpc) is 3.08. The second kappa shape index (κ2) is 6.86. The molecule has 0 saturated carbocycles. The van der Waals surface area contributed by atoms with Crippen LogP contribution in [0.25, 0.3) is 11.1 Å². The standard InChI is InChI=1S/C18H22N2O6/c1-4-5-6-13-15(16(21)22)26-18(24)20(13)11-7-8-12-14(9-11)25-17(23)19(12)10(2)3/h7-10,13,15H,4-6H2,1-3H3,(H,21,22)/t13?,15-/m1/s1. The summed E-state index contributed by atoms with van der Waals surface area (Å²) in [5, 5.41) is 9.37. The van der Waals surface area contributed by atoms with Crippen LogP contribution in [0.1, 0.15) is 46.1 Å². The Balaban J connectivity index is 2.04. The molecule has 1 fully saturated rings. The molecule has 2 atom stereocenters. The van der Waals surface area contributed by atoms with Crippen LogP contribution in [0.5, 0.6) is 0 Å². The number of fused-ring (bicyclic) bond motifs is 1. The first-order chi connectivity index (χ1) is 12.3.